The molecule has 0 fully saturated rings. The highest BCUT2D eigenvalue weighted by molar-refractivity contribution is 6.09. The number of fused-ring (bicyclic) bond motifs is 1. The third-order valence-corrected chi connectivity index (χ3v) is 6.34. The molecule has 0 spiro atoms. The van der Waals surface area contributed by atoms with Crippen LogP contribution in [0.5, 0.6) is 5.75 Å². The van der Waals surface area contributed by atoms with Crippen LogP contribution in [0.15, 0.2) is 61.4 Å². The van der Waals surface area contributed by atoms with Crippen LogP contribution in [0.25, 0.3) is 22.2 Å². The van der Waals surface area contributed by atoms with E-state index in [9.17, 15) is 9.59 Å². The minimum Gasteiger partial charge on any atom is -0.494 e. The molecule has 39 heavy (non-hydrogen) atoms. The fourth-order valence-electron chi connectivity index (χ4n) is 4.27. The number of benzene rings is 2. The molecule has 2 heterocycles. The average Bonchev–Trinajstić information content (AvgIpc) is 3.41. The van der Waals surface area contributed by atoms with Crippen molar-refractivity contribution in [2.24, 2.45) is 0 Å². The summed E-state index contributed by atoms with van der Waals surface area (Å²) in [6.07, 6.45) is 4.70. The molecule has 0 bridgehead atoms. The molecule has 0 aliphatic rings. The summed E-state index contributed by atoms with van der Waals surface area (Å²) in [5.74, 6) is 0.573. The molecule has 4 aromatic rings. The number of anilines is 4. The highest BCUT2D eigenvalue weighted by Gasteiger charge is 2.17. The lowest BCUT2D eigenvalue weighted by molar-refractivity contribution is -0.111. The molecule has 2 aromatic carbocycles. The van der Waals surface area contributed by atoms with Crippen LogP contribution in [0.2, 0.25) is 0 Å². The Morgan fingerprint density at radius 2 is 1.90 bits per heavy atom. The molecule has 10 heteroatoms. The standard InChI is InChI=1S/C29H33N7O3/c1-7-27(38)32-23-16-24(26(39-6)17-25(23)36(5)15-14-35(3)4)34-29-31-13-11-22(33-29)20-9-8-19(18(2)37)28-21(20)10-12-30-28/h7-13,16-17,30H,1,14-15H2,2-6H3,(H,32,38)(H,31,33,34). The van der Waals surface area contributed by atoms with Gasteiger partial charge in [0.2, 0.25) is 11.9 Å². The van der Waals surface area contributed by atoms with Crippen LogP contribution in [0.3, 0.4) is 0 Å². The van der Waals surface area contributed by atoms with E-state index in [0.29, 0.717) is 34.3 Å². The van der Waals surface area contributed by atoms with Crippen LogP contribution in [-0.2, 0) is 4.79 Å². The van der Waals surface area contributed by atoms with Gasteiger partial charge in [-0.25, -0.2) is 9.97 Å². The summed E-state index contributed by atoms with van der Waals surface area (Å²) in [5, 5.41) is 7.03. The van der Waals surface area contributed by atoms with Gasteiger partial charge in [-0.05, 0) is 51.4 Å². The number of carbonyl (C=O) groups excluding carboxylic acids is 2. The molecule has 0 saturated heterocycles. The van der Waals surface area contributed by atoms with E-state index in [0.717, 1.165) is 35.2 Å². The summed E-state index contributed by atoms with van der Waals surface area (Å²) >= 11 is 0. The molecule has 3 N–H and O–H groups in total. The quantitative estimate of drug-likeness (QED) is 0.190. The number of ether oxygens (including phenoxy) is 1. The third-order valence-electron chi connectivity index (χ3n) is 6.34. The van der Waals surface area contributed by atoms with Crippen molar-refractivity contribution in [3.63, 3.8) is 0 Å². The zero-order valence-electron chi connectivity index (χ0n) is 22.8. The van der Waals surface area contributed by atoms with Crippen molar-refractivity contribution in [1.29, 1.82) is 0 Å². The second kappa shape index (κ2) is 11.8. The number of carbonyl (C=O) groups is 2. The molecule has 0 aliphatic heterocycles. The van der Waals surface area contributed by atoms with Crippen molar-refractivity contribution in [2.45, 2.75) is 6.92 Å². The lowest BCUT2D eigenvalue weighted by Crippen LogP contribution is -2.29. The number of hydrogen-bond donors (Lipinski definition) is 3. The molecule has 4 rings (SSSR count). The second-order valence-electron chi connectivity index (χ2n) is 9.36. The Bertz CT molecular complexity index is 1530. The zero-order valence-corrected chi connectivity index (χ0v) is 22.8. The van der Waals surface area contributed by atoms with Gasteiger partial charge in [-0.3, -0.25) is 9.59 Å². The van der Waals surface area contributed by atoms with E-state index in [1.54, 1.807) is 32.4 Å². The SMILES string of the molecule is C=CC(=O)Nc1cc(Nc2nccc(-c3ccc(C(C)=O)c4[nH]ccc34)n2)c(OC)cc1N(C)CCN(C)C. The summed E-state index contributed by atoms with van der Waals surface area (Å²) in [6, 6.07) is 11.1. The van der Waals surface area contributed by atoms with E-state index in [4.69, 9.17) is 9.72 Å². The highest BCUT2D eigenvalue weighted by Crippen LogP contribution is 2.38. The summed E-state index contributed by atoms with van der Waals surface area (Å²) in [4.78, 5) is 40.7. The van der Waals surface area contributed by atoms with Gasteiger partial charge in [0, 0.05) is 55.1 Å². The topological polar surface area (TPSA) is 115 Å². The molecule has 0 radical (unpaired) electrons. The van der Waals surface area contributed by atoms with Gasteiger partial charge in [0.15, 0.2) is 5.78 Å². The van der Waals surface area contributed by atoms with Gasteiger partial charge >= 0.3 is 0 Å². The third kappa shape index (κ3) is 6.07. The van der Waals surface area contributed by atoms with Crippen molar-refractivity contribution < 1.29 is 14.3 Å². The molecule has 0 aliphatic carbocycles. The number of amides is 1. The second-order valence-corrected chi connectivity index (χ2v) is 9.36. The molecular formula is C29H33N7O3. The molecule has 2 aromatic heterocycles. The minimum absolute atomic E-state index is 0.0127. The Morgan fingerprint density at radius 3 is 2.59 bits per heavy atom. The summed E-state index contributed by atoms with van der Waals surface area (Å²) in [7, 11) is 7.56. The first-order valence-electron chi connectivity index (χ1n) is 12.4. The van der Waals surface area contributed by atoms with E-state index in [1.165, 1.54) is 6.08 Å². The summed E-state index contributed by atoms with van der Waals surface area (Å²) in [5.41, 5.74) is 4.92. The number of aromatic amines is 1. The predicted octanol–water partition coefficient (Wildman–Crippen LogP) is 4.70. The van der Waals surface area contributed by atoms with Gasteiger partial charge in [0.25, 0.3) is 0 Å². The van der Waals surface area contributed by atoms with Crippen LogP contribution in [0.1, 0.15) is 17.3 Å². The fraction of sp³-hybridized carbons (Fsp3) is 0.241. The number of likely N-dealkylation sites (N-methyl/N-ethyl adjacent to an activating group) is 2. The largest absolute Gasteiger partial charge is 0.494 e. The number of methoxy groups -OCH3 is 1. The zero-order chi connectivity index (χ0) is 28.1. The van der Waals surface area contributed by atoms with Gasteiger partial charge in [-0.15, -0.1) is 0 Å². The van der Waals surface area contributed by atoms with Crippen LogP contribution in [0, 0.1) is 0 Å². The predicted molar refractivity (Wildman–Crippen MR) is 156 cm³/mol. The number of rotatable bonds is 11. The average molecular weight is 528 g/mol. The Hall–Kier alpha value is -4.70. The van der Waals surface area contributed by atoms with Gasteiger partial charge < -0.3 is 30.2 Å². The molecule has 202 valence electrons. The maximum absolute atomic E-state index is 12.2. The molecular weight excluding hydrogens is 494 g/mol. The normalized spacial score (nSPS) is 10.9. The van der Waals surface area contributed by atoms with Crippen LogP contribution in [-0.4, -0.2) is 72.9 Å². The maximum atomic E-state index is 12.2. The molecule has 0 unspecified atom stereocenters. The first kappa shape index (κ1) is 27.3. The lowest BCUT2D eigenvalue weighted by Gasteiger charge is -2.26. The first-order valence-corrected chi connectivity index (χ1v) is 12.4. The maximum Gasteiger partial charge on any atom is 0.247 e. The van der Waals surface area contributed by atoms with E-state index >= 15 is 0 Å². The molecule has 1 amide bonds. The fourth-order valence-corrected chi connectivity index (χ4v) is 4.27. The summed E-state index contributed by atoms with van der Waals surface area (Å²) in [6.45, 7) is 6.69. The summed E-state index contributed by atoms with van der Waals surface area (Å²) < 4.78 is 5.69. The van der Waals surface area contributed by atoms with Crippen molar-refractivity contribution in [3.05, 3.63) is 67.0 Å². The number of nitrogens with zero attached hydrogens (tertiary/aromatic N) is 4. The monoisotopic (exact) mass is 527 g/mol. The number of hydrogen-bond acceptors (Lipinski definition) is 8. The molecule has 0 atom stereocenters. The van der Waals surface area contributed by atoms with Crippen LogP contribution >= 0.6 is 0 Å². The van der Waals surface area contributed by atoms with Crippen LogP contribution < -0.4 is 20.3 Å². The van der Waals surface area contributed by atoms with Crippen molar-refractivity contribution >= 4 is 45.6 Å². The Morgan fingerprint density at radius 1 is 1.10 bits per heavy atom. The number of ketones is 1. The molecule has 0 saturated carbocycles. The van der Waals surface area contributed by atoms with Crippen molar-refractivity contribution in [2.75, 3.05) is 56.9 Å². The van der Waals surface area contributed by atoms with Crippen LogP contribution in [0.4, 0.5) is 23.0 Å². The van der Waals surface area contributed by atoms with Gasteiger partial charge in [0.05, 0.1) is 35.4 Å². The smallest absolute Gasteiger partial charge is 0.247 e. The van der Waals surface area contributed by atoms with Crippen molar-refractivity contribution in [3.8, 4) is 17.0 Å². The Labute approximate surface area is 227 Å². The van der Waals surface area contributed by atoms with E-state index in [-0.39, 0.29) is 11.7 Å². The number of H-pyrrole nitrogens is 1. The van der Waals surface area contributed by atoms with E-state index < -0.39 is 0 Å². The highest BCUT2D eigenvalue weighted by atomic mass is 16.5. The lowest BCUT2D eigenvalue weighted by atomic mass is 10.0. The Kier molecular flexibility index (Phi) is 8.26. The van der Waals surface area contributed by atoms with Gasteiger partial charge in [-0.1, -0.05) is 12.6 Å². The Balaban J connectivity index is 1.72. The first-order chi connectivity index (χ1) is 18.7. The number of nitrogens with one attached hydrogen (secondary N) is 3. The molecule has 10 nitrogen and oxygen atoms in total. The number of aromatic nitrogens is 3. The van der Waals surface area contributed by atoms with E-state index in [2.05, 4.69) is 37.0 Å². The number of Topliss-reactive ketones (excluding diaryl/α,β-unsaturated/α-hetero) is 1. The van der Waals surface area contributed by atoms with E-state index in [1.807, 2.05) is 51.6 Å². The van der Waals surface area contributed by atoms with Gasteiger partial charge in [0.1, 0.15) is 5.75 Å². The van der Waals surface area contributed by atoms with Gasteiger partial charge in [-0.2, -0.15) is 0 Å². The van der Waals surface area contributed by atoms with Crippen molar-refractivity contribution in [1.82, 2.24) is 19.9 Å². The minimum atomic E-state index is -0.323.